The molecule has 0 radical (unpaired) electrons. The van der Waals surface area contributed by atoms with Crippen LogP contribution in [0.2, 0.25) is 0 Å². The van der Waals surface area contributed by atoms with Gasteiger partial charge in [0, 0.05) is 18.1 Å². The Morgan fingerprint density at radius 3 is 3.05 bits per heavy atom. The van der Waals surface area contributed by atoms with Crippen molar-refractivity contribution in [2.24, 2.45) is 0 Å². The first-order chi connectivity index (χ1) is 9.97. The van der Waals surface area contributed by atoms with Gasteiger partial charge >= 0.3 is 12.0 Å². The molecule has 1 aliphatic heterocycles. The van der Waals surface area contributed by atoms with Gasteiger partial charge in [0.15, 0.2) is 0 Å². The van der Waals surface area contributed by atoms with E-state index in [0.717, 1.165) is 5.75 Å². The second kappa shape index (κ2) is 6.84. The lowest BCUT2D eigenvalue weighted by molar-refractivity contribution is -0.138. The molecule has 0 saturated carbocycles. The molecular formula is C13H19N3O4S. The normalized spacial score (nSPS) is 20.1. The molecule has 1 saturated heterocycles. The zero-order valence-corrected chi connectivity index (χ0v) is 12.9. The van der Waals surface area contributed by atoms with Gasteiger partial charge in [-0.05, 0) is 13.8 Å². The number of aryl methyl sites for hydroxylation is 1. The zero-order valence-electron chi connectivity index (χ0n) is 12.0. The van der Waals surface area contributed by atoms with Crippen LogP contribution in [0.5, 0.6) is 0 Å². The molecule has 2 N–H and O–H groups in total. The van der Waals surface area contributed by atoms with Crippen LogP contribution in [0.4, 0.5) is 4.79 Å². The van der Waals surface area contributed by atoms with Crippen molar-refractivity contribution in [3.8, 4) is 0 Å². The van der Waals surface area contributed by atoms with Crippen molar-refractivity contribution in [1.29, 1.82) is 0 Å². The van der Waals surface area contributed by atoms with E-state index in [4.69, 9.17) is 9.52 Å². The number of amides is 2. The molecule has 21 heavy (non-hydrogen) atoms. The Balaban J connectivity index is 1.98. The number of aliphatic carboxylic acids is 1. The molecule has 8 heteroatoms. The number of thioether (sulfide) groups is 1. The van der Waals surface area contributed by atoms with Crippen LogP contribution in [-0.4, -0.2) is 51.1 Å². The van der Waals surface area contributed by atoms with E-state index in [1.54, 1.807) is 36.7 Å². The van der Waals surface area contributed by atoms with Crippen LogP contribution >= 0.6 is 11.8 Å². The van der Waals surface area contributed by atoms with E-state index in [1.165, 1.54) is 0 Å². The van der Waals surface area contributed by atoms with Crippen molar-refractivity contribution >= 4 is 23.8 Å². The Morgan fingerprint density at radius 1 is 1.67 bits per heavy atom. The van der Waals surface area contributed by atoms with Gasteiger partial charge in [-0.3, -0.25) is 4.79 Å². The molecule has 0 spiro atoms. The van der Waals surface area contributed by atoms with Crippen LogP contribution < -0.4 is 5.32 Å². The molecule has 2 unspecified atom stereocenters. The van der Waals surface area contributed by atoms with E-state index >= 15 is 0 Å². The minimum Gasteiger partial charge on any atom is -0.481 e. The van der Waals surface area contributed by atoms with E-state index in [2.05, 4.69) is 10.3 Å². The summed E-state index contributed by atoms with van der Waals surface area (Å²) in [4.78, 5) is 28.9. The van der Waals surface area contributed by atoms with Crippen LogP contribution in [0, 0.1) is 6.92 Å². The number of nitrogens with zero attached hydrogens (tertiary/aromatic N) is 2. The van der Waals surface area contributed by atoms with E-state index in [-0.39, 0.29) is 24.5 Å². The Morgan fingerprint density at radius 2 is 2.43 bits per heavy atom. The Kier molecular flexibility index (Phi) is 5.11. The van der Waals surface area contributed by atoms with Gasteiger partial charge in [0.1, 0.15) is 11.8 Å². The number of rotatable bonds is 4. The SMILES string of the molecule is Cc1cnc(C(C)NC(=O)N2CCSCC2CC(=O)O)o1. The molecule has 116 valence electrons. The summed E-state index contributed by atoms with van der Waals surface area (Å²) in [7, 11) is 0. The van der Waals surface area contributed by atoms with Crippen molar-refractivity contribution in [1.82, 2.24) is 15.2 Å². The van der Waals surface area contributed by atoms with Gasteiger partial charge in [0.05, 0.1) is 18.7 Å². The number of oxazole rings is 1. The minimum absolute atomic E-state index is 0.0348. The summed E-state index contributed by atoms with van der Waals surface area (Å²) in [5.41, 5.74) is 0. The van der Waals surface area contributed by atoms with Gasteiger partial charge in [-0.25, -0.2) is 9.78 Å². The number of nitrogens with one attached hydrogen (secondary N) is 1. The maximum Gasteiger partial charge on any atom is 0.318 e. The number of hydrogen-bond acceptors (Lipinski definition) is 5. The first-order valence-corrected chi connectivity index (χ1v) is 7.92. The highest BCUT2D eigenvalue weighted by molar-refractivity contribution is 7.99. The number of hydrogen-bond donors (Lipinski definition) is 2. The summed E-state index contributed by atoms with van der Waals surface area (Å²) >= 11 is 1.67. The number of carboxylic acid groups (broad SMARTS) is 1. The zero-order chi connectivity index (χ0) is 15.4. The van der Waals surface area contributed by atoms with E-state index < -0.39 is 5.97 Å². The van der Waals surface area contributed by atoms with Crippen LogP contribution in [0.15, 0.2) is 10.6 Å². The topological polar surface area (TPSA) is 95.7 Å². The fourth-order valence-electron chi connectivity index (χ4n) is 2.20. The summed E-state index contributed by atoms with van der Waals surface area (Å²) in [5.74, 6) is 1.70. The summed E-state index contributed by atoms with van der Waals surface area (Å²) in [6.07, 6.45) is 1.57. The fourth-order valence-corrected chi connectivity index (χ4v) is 3.26. The summed E-state index contributed by atoms with van der Waals surface area (Å²) < 4.78 is 5.38. The van der Waals surface area contributed by atoms with Crippen molar-refractivity contribution in [2.75, 3.05) is 18.1 Å². The lowest BCUT2D eigenvalue weighted by atomic mass is 10.2. The molecular weight excluding hydrogens is 294 g/mol. The maximum atomic E-state index is 12.3. The van der Waals surface area contributed by atoms with Crippen molar-refractivity contribution in [3.63, 3.8) is 0 Å². The second-order valence-electron chi connectivity index (χ2n) is 5.00. The predicted octanol–water partition coefficient (Wildman–Crippen LogP) is 1.65. The van der Waals surface area contributed by atoms with Crippen LogP contribution in [0.25, 0.3) is 0 Å². The third-order valence-electron chi connectivity index (χ3n) is 3.25. The number of urea groups is 1. The van der Waals surface area contributed by atoms with Crippen LogP contribution in [0.3, 0.4) is 0 Å². The number of aromatic nitrogens is 1. The quantitative estimate of drug-likeness (QED) is 0.877. The molecule has 2 atom stereocenters. The minimum atomic E-state index is -0.892. The smallest absolute Gasteiger partial charge is 0.318 e. The highest BCUT2D eigenvalue weighted by atomic mass is 32.2. The Labute approximate surface area is 127 Å². The van der Waals surface area contributed by atoms with Crippen LogP contribution in [0.1, 0.15) is 31.0 Å². The van der Waals surface area contributed by atoms with Gasteiger partial charge in [-0.2, -0.15) is 11.8 Å². The monoisotopic (exact) mass is 313 g/mol. The lowest BCUT2D eigenvalue weighted by Gasteiger charge is -2.35. The molecule has 2 amide bonds. The number of carbonyl (C=O) groups is 2. The molecule has 1 aromatic heterocycles. The van der Waals surface area contributed by atoms with Gasteiger partial charge in [-0.1, -0.05) is 0 Å². The van der Waals surface area contributed by atoms with Crippen molar-refractivity contribution in [2.45, 2.75) is 32.4 Å². The third kappa shape index (κ3) is 4.13. The maximum absolute atomic E-state index is 12.3. The highest BCUT2D eigenvalue weighted by Gasteiger charge is 2.30. The van der Waals surface area contributed by atoms with Gasteiger partial charge in [0.25, 0.3) is 0 Å². The first-order valence-electron chi connectivity index (χ1n) is 6.76. The first kappa shape index (κ1) is 15.7. The van der Waals surface area contributed by atoms with Crippen molar-refractivity contribution in [3.05, 3.63) is 17.8 Å². The molecule has 1 aromatic rings. The number of carboxylic acids is 1. The van der Waals surface area contributed by atoms with Crippen molar-refractivity contribution < 1.29 is 19.1 Å². The molecule has 0 aromatic carbocycles. The Bertz CT molecular complexity index is 519. The molecule has 1 aliphatic rings. The second-order valence-corrected chi connectivity index (χ2v) is 6.15. The number of carbonyl (C=O) groups excluding carboxylic acids is 1. The average molecular weight is 313 g/mol. The van der Waals surface area contributed by atoms with E-state index in [9.17, 15) is 9.59 Å². The van der Waals surface area contributed by atoms with E-state index in [1.807, 2.05) is 0 Å². The molecule has 1 fully saturated rings. The third-order valence-corrected chi connectivity index (χ3v) is 4.34. The van der Waals surface area contributed by atoms with Gasteiger partial charge < -0.3 is 19.7 Å². The van der Waals surface area contributed by atoms with Gasteiger partial charge in [-0.15, -0.1) is 0 Å². The molecule has 2 rings (SSSR count). The molecule has 2 heterocycles. The van der Waals surface area contributed by atoms with Gasteiger partial charge in [0.2, 0.25) is 5.89 Å². The summed E-state index contributed by atoms with van der Waals surface area (Å²) in [5, 5.41) is 11.7. The average Bonchev–Trinajstić information content (AvgIpc) is 2.85. The molecule has 7 nitrogen and oxygen atoms in total. The standard InChI is InChI=1S/C13H19N3O4S/c1-8-6-14-12(20-8)9(2)15-13(19)16-3-4-21-7-10(16)5-11(17)18/h6,9-10H,3-5,7H2,1-2H3,(H,15,19)(H,17,18). The molecule has 0 bridgehead atoms. The predicted molar refractivity (Wildman–Crippen MR) is 78.3 cm³/mol. The fraction of sp³-hybridized carbons (Fsp3) is 0.615. The van der Waals surface area contributed by atoms with Crippen LogP contribution in [-0.2, 0) is 4.79 Å². The lowest BCUT2D eigenvalue weighted by Crippen LogP contribution is -2.51. The summed E-state index contributed by atoms with van der Waals surface area (Å²) in [6.45, 7) is 4.12. The largest absolute Gasteiger partial charge is 0.481 e. The van der Waals surface area contributed by atoms with E-state index in [0.29, 0.717) is 23.9 Å². The Hall–Kier alpha value is -1.70. The molecule has 0 aliphatic carbocycles. The summed E-state index contributed by atoms with van der Waals surface area (Å²) in [6, 6.07) is -0.907. The highest BCUT2D eigenvalue weighted by Crippen LogP contribution is 2.20.